The maximum Gasteiger partial charge on any atom is 0.138 e. The van der Waals surface area contributed by atoms with Gasteiger partial charge in [0.2, 0.25) is 0 Å². The van der Waals surface area contributed by atoms with Gasteiger partial charge in [0.05, 0.1) is 11.5 Å². The van der Waals surface area contributed by atoms with Gasteiger partial charge in [-0.1, -0.05) is 6.92 Å². The van der Waals surface area contributed by atoms with Gasteiger partial charge < -0.3 is 4.90 Å². The second kappa shape index (κ2) is 6.16. The molecule has 3 nitrogen and oxygen atoms in total. The number of nitrogens with zero attached hydrogens (tertiary/aromatic N) is 2. The molecule has 0 aliphatic carbocycles. The molecule has 0 spiro atoms. The minimum absolute atomic E-state index is 0.213. The Morgan fingerprint density at radius 2 is 2.24 bits per heavy atom. The van der Waals surface area contributed by atoms with E-state index in [2.05, 4.69) is 17.9 Å². The molecule has 1 heterocycles. The van der Waals surface area contributed by atoms with Crippen LogP contribution in [0.3, 0.4) is 0 Å². The Kier molecular flexibility index (Phi) is 5.14. The fourth-order valence-corrected chi connectivity index (χ4v) is 2.34. The number of rotatable bonds is 5. The summed E-state index contributed by atoms with van der Waals surface area (Å²) >= 11 is 0. The van der Waals surface area contributed by atoms with Crippen molar-refractivity contribution in [1.29, 1.82) is 5.26 Å². The van der Waals surface area contributed by atoms with Crippen LogP contribution in [0.1, 0.15) is 46.5 Å². The summed E-state index contributed by atoms with van der Waals surface area (Å²) in [5, 5.41) is 8.94. The van der Waals surface area contributed by atoms with E-state index in [1.165, 1.54) is 0 Å². The monoisotopic (exact) mass is 236 g/mol. The van der Waals surface area contributed by atoms with Gasteiger partial charge in [-0.3, -0.25) is 4.79 Å². The molecule has 1 aliphatic heterocycles. The first-order valence-corrected chi connectivity index (χ1v) is 6.65. The Hall–Kier alpha value is -0.880. The molecule has 1 fully saturated rings. The highest BCUT2D eigenvalue weighted by Gasteiger charge is 2.25. The molecule has 0 N–H and O–H groups in total. The predicted molar refractivity (Wildman–Crippen MR) is 68.5 cm³/mol. The lowest BCUT2D eigenvalue weighted by atomic mass is 9.89. The lowest BCUT2D eigenvalue weighted by molar-refractivity contribution is -0.126. The van der Waals surface area contributed by atoms with Crippen LogP contribution in [0.2, 0.25) is 0 Å². The van der Waals surface area contributed by atoms with E-state index >= 15 is 0 Å². The number of carbonyl (C=O) groups excluding carboxylic acids is 1. The van der Waals surface area contributed by atoms with E-state index in [9.17, 15) is 4.79 Å². The van der Waals surface area contributed by atoms with Gasteiger partial charge in [0.15, 0.2) is 0 Å². The number of piperidine rings is 1. The average molecular weight is 236 g/mol. The van der Waals surface area contributed by atoms with E-state index < -0.39 is 0 Å². The molecule has 0 bridgehead atoms. The molecule has 17 heavy (non-hydrogen) atoms. The van der Waals surface area contributed by atoms with Gasteiger partial charge in [-0.15, -0.1) is 0 Å². The summed E-state index contributed by atoms with van der Waals surface area (Å²) in [6.45, 7) is 8.91. The van der Waals surface area contributed by atoms with Crippen LogP contribution in [-0.2, 0) is 4.79 Å². The number of nitriles is 1. The van der Waals surface area contributed by atoms with E-state index in [-0.39, 0.29) is 11.3 Å². The summed E-state index contributed by atoms with van der Waals surface area (Å²) in [7, 11) is 0. The molecular weight excluding hydrogens is 212 g/mol. The van der Waals surface area contributed by atoms with Crippen LogP contribution in [-0.4, -0.2) is 30.3 Å². The van der Waals surface area contributed by atoms with Crippen molar-refractivity contribution in [1.82, 2.24) is 4.90 Å². The minimum atomic E-state index is -0.213. The van der Waals surface area contributed by atoms with Crippen molar-refractivity contribution in [3.8, 4) is 6.07 Å². The number of hydrogen-bond donors (Lipinski definition) is 0. The van der Waals surface area contributed by atoms with Crippen LogP contribution < -0.4 is 0 Å². The lowest BCUT2D eigenvalue weighted by Crippen LogP contribution is -2.41. The standard InChI is InChI=1S/C14H24N2O/c1-4-12-10-16(9-6-13(12)17)8-5-7-14(2,3)11-15/h12H,4-10H2,1-3H3. The third-order valence-corrected chi connectivity index (χ3v) is 3.68. The van der Waals surface area contributed by atoms with E-state index in [1.807, 2.05) is 13.8 Å². The van der Waals surface area contributed by atoms with Crippen molar-refractivity contribution >= 4 is 5.78 Å². The Bertz CT molecular complexity index is 304. The zero-order valence-electron chi connectivity index (χ0n) is 11.3. The van der Waals surface area contributed by atoms with E-state index in [4.69, 9.17) is 5.26 Å². The first-order valence-electron chi connectivity index (χ1n) is 6.65. The van der Waals surface area contributed by atoms with Gasteiger partial charge in [-0.05, 0) is 39.7 Å². The van der Waals surface area contributed by atoms with Gasteiger partial charge in [-0.2, -0.15) is 5.26 Å². The highest BCUT2D eigenvalue weighted by atomic mass is 16.1. The van der Waals surface area contributed by atoms with Gasteiger partial charge >= 0.3 is 0 Å². The molecule has 0 amide bonds. The molecule has 0 radical (unpaired) electrons. The van der Waals surface area contributed by atoms with Crippen LogP contribution >= 0.6 is 0 Å². The summed E-state index contributed by atoms with van der Waals surface area (Å²) in [4.78, 5) is 14.0. The number of likely N-dealkylation sites (tertiary alicyclic amines) is 1. The Morgan fingerprint density at radius 1 is 1.53 bits per heavy atom. The summed E-state index contributed by atoms with van der Waals surface area (Å²) < 4.78 is 0. The van der Waals surface area contributed by atoms with E-state index in [0.29, 0.717) is 12.2 Å². The molecule has 1 atom stereocenters. The highest BCUT2D eigenvalue weighted by Crippen LogP contribution is 2.22. The zero-order chi connectivity index (χ0) is 12.9. The fourth-order valence-electron chi connectivity index (χ4n) is 2.34. The maximum absolute atomic E-state index is 11.6. The first-order chi connectivity index (χ1) is 7.98. The molecular formula is C14H24N2O. The Morgan fingerprint density at radius 3 is 2.82 bits per heavy atom. The van der Waals surface area contributed by atoms with Crippen LogP contribution in [0.4, 0.5) is 0 Å². The third-order valence-electron chi connectivity index (χ3n) is 3.68. The van der Waals surface area contributed by atoms with E-state index in [0.717, 1.165) is 38.9 Å². The Labute approximate surface area is 105 Å². The Balaban J connectivity index is 2.29. The summed E-state index contributed by atoms with van der Waals surface area (Å²) in [5.74, 6) is 0.675. The van der Waals surface area contributed by atoms with Crippen LogP contribution in [0.25, 0.3) is 0 Å². The van der Waals surface area contributed by atoms with Crippen LogP contribution in [0.5, 0.6) is 0 Å². The normalized spacial score (nSPS) is 22.5. The van der Waals surface area contributed by atoms with Crippen molar-refractivity contribution in [3.63, 3.8) is 0 Å². The minimum Gasteiger partial charge on any atom is -0.302 e. The van der Waals surface area contributed by atoms with Gasteiger partial charge in [0.25, 0.3) is 0 Å². The molecule has 96 valence electrons. The van der Waals surface area contributed by atoms with E-state index in [1.54, 1.807) is 0 Å². The second-order valence-corrected chi connectivity index (χ2v) is 5.72. The lowest BCUT2D eigenvalue weighted by Gasteiger charge is -2.31. The average Bonchev–Trinajstić information content (AvgIpc) is 2.31. The molecule has 0 aromatic heterocycles. The van der Waals surface area contributed by atoms with Crippen LogP contribution in [0, 0.1) is 22.7 Å². The molecule has 0 aromatic carbocycles. The molecule has 1 rings (SSSR count). The molecule has 1 saturated heterocycles. The third kappa shape index (κ3) is 4.47. The quantitative estimate of drug-likeness (QED) is 0.737. The number of carbonyl (C=O) groups is 1. The molecule has 1 aliphatic rings. The van der Waals surface area contributed by atoms with Crippen molar-refractivity contribution < 1.29 is 4.79 Å². The van der Waals surface area contributed by atoms with Crippen molar-refractivity contribution in [3.05, 3.63) is 0 Å². The topological polar surface area (TPSA) is 44.1 Å². The first kappa shape index (κ1) is 14.2. The van der Waals surface area contributed by atoms with Crippen LogP contribution in [0.15, 0.2) is 0 Å². The fraction of sp³-hybridized carbons (Fsp3) is 0.857. The molecule has 3 heteroatoms. The molecule has 0 aromatic rings. The predicted octanol–water partition coefficient (Wildman–Crippen LogP) is 2.62. The summed E-state index contributed by atoms with van der Waals surface area (Å²) in [5.41, 5.74) is -0.213. The molecule has 0 saturated carbocycles. The van der Waals surface area contributed by atoms with Crippen molar-refractivity contribution in [2.24, 2.45) is 11.3 Å². The van der Waals surface area contributed by atoms with Crippen molar-refractivity contribution in [2.75, 3.05) is 19.6 Å². The number of Topliss-reactive ketones (excluding diaryl/α,β-unsaturated/α-hetero) is 1. The number of hydrogen-bond acceptors (Lipinski definition) is 3. The smallest absolute Gasteiger partial charge is 0.138 e. The second-order valence-electron chi connectivity index (χ2n) is 5.72. The highest BCUT2D eigenvalue weighted by molar-refractivity contribution is 5.82. The SMILES string of the molecule is CCC1CN(CCCC(C)(C)C#N)CCC1=O. The van der Waals surface area contributed by atoms with Gasteiger partial charge in [0, 0.05) is 25.4 Å². The van der Waals surface area contributed by atoms with Gasteiger partial charge in [0.1, 0.15) is 5.78 Å². The van der Waals surface area contributed by atoms with Crippen molar-refractivity contribution in [2.45, 2.75) is 46.5 Å². The van der Waals surface area contributed by atoms with Gasteiger partial charge in [-0.25, -0.2) is 0 Å². The summed E-state index contributed by atoms with van der Waals surface area (Å²) in [6.07, 6.45) is 3.65. The maximum atomic E-state index is 11.6. The molecule has 1 unspecified atom stereocenters. The summed E-state index contributed by atoms with van der Waals surface area (Å²) in [6, 6.07) is 2.33. The number of ketones is 1. The zero-order valence-corrected chi connectivity index (χ0v) is 11.3. The largest absolute Gasteiger partial charge is 0.302 e.